The van der Waals surface area contributed by atoms with Gasteiger partial charge in [-0.15, -0.1) is 0 Å². The Kier molecular flexibility index (Phi) is 22.1. The number of rotatable bonds is 23. The second-order valence-electron chi connectivity index (χ2n) is 8.93. The number of carbonyl (C=O) groups excluding carboxylic acids is 2. The number of hydrogen-bond acceptors (Lipinski definition) is 3. The summed E-state index contributed by atoms with van der Waals surface area (Å²) in [6.07, 6.45) is 23.0. The highest BCUT2D eigenvalue weighted by Gasteiger charge is 2.18. The monoisotopic (exact) mass is 425 g/mol. The third kappa shape index (κ3) is 19.1. The topological polar surface area (TPSA) is 66.4 Å². The zero-order chi connectivity index (χ0) is 22.3. The van der Waals surface area contributed by atoms with Gasteiger partial charge in [0.2, 0.25) is 5.91 Å². The van der Waals surface area contributed by atoms with Crippen molar-refractivity contribution in [2.24, 2.45) is 0 Å². The Bertz CT molecular complexity index is 398. The molecule has 0 unspecified atom stereocenters. The lowest BCUT2D eigenvalue weighted by molar-refractivity contribution is -0.128. The Labute approximate surface area is 187 Å². The van der Waals surface area contributed by atoms with Gasteiger partial charge in [-0.2, -0.15) is 0 Å². The zero-order valence-electron chi connectivity index (χ0n) is 20.2. The number of aliphatic hydroxyl groups excluding tert-OH is 1. The van der Waals surface area contributed by atoms with E-state index in [2.05, 4.69) is 19.2 Å². The van der Waals surface area contributed by atoms with Crippen LogP contribution in [0.4, 0.5) is 0 Å². The third-order valence-corrected chi connectivity index (χ3v) is 5.94. The second kappa shape index (κ2) is 22.8. The zero-order valence-corrected chi connectivity index (χ0v) is 20.2. The number of hydrogen-bond donors (Lipinski definition) is 2. The predicted octanol–water partition coefficient (Wildman–Crippen LogP) is 6.87. The van der Waals surface area contributed by atoms with Gasteiger partial charge >= 0.3 is 0 Å². The Balaban J connectivity index is 3.58. The molecule has 2 N–H and O–H groups in total. The third-order valence-electron chi connectivity index (χ3n) is 5.94. The molecule has 0 aliphatic carbocycles. The maximum Gasteiger partial charge on any atom is 0.220 e. The van der Waals surface area contributed by atoms with Crippen LogP contribution in [0.5, 0.6) is 0 Å². The summed E-state index contributed by atoms with van der Waals surface area (Å²) < 4.78 is 0. The molecule has 0 aliphatic heterocycles. The first-order valence-corrected chi connectivity index (χ1v) is 13.1. The molecule has 0 bridgehead atoms. The highest BCUT2D eigenvalue weighted by Crippen LogP contribution is 2.13. The number of nitrogens with one attached hydrogen (secondary N) is 1. The Morgan fingerprint density at radius 2 is 0.967 bits per heavy atom. The van der Waals surface area contributed by atoms with Gasteiger partial charge in [-0.25, -0.2) is 0 Å². The van der Waals surface area contributed by atoms with Crippen LogP contribution in [0.1, 0.15) is 142 Å². The molecule has 0 rings (SSSR count). The summed E-state index contributed by atoms with van der Waals surface area (Å²) in [5, 5.41) is 12.2. The minimum atomic E-state index is -0.717. The molecule has 0 spiro atoms. The van der Waals surface area contributed by atoms with Crippen molar-refractivity contribution in [3.05, 3.63) is 0 Å². The lowest BCUT2D eigenvalue weighted by Crippen LogP contribution is -2.43. The van der Waals surface area contributed by atoms with E-state index in [1.165, 1.54) is 83.5 Å². The summed E-state index contributed by atoms with van der Waals surface area (Å²) in [6.45, 7) is 4.14. The van der Waals surface area contributed by atoms with Gasteiger partial charge in [-0.05, 0) is 12.8 Å². The summed E-state index contributed by atoms with van der Waals surface area (Å²) in [6, 6.07) is -0.717. The van der Waals surface area contributed by atoms with Crippen molar-refractivity contribution in [2.45, 2.75) is 148 Å². The molecule has 4 heteroatoms. The lowest BCUT2D eigenvalue weighted by Gasteiger charge is -2.15. The van der Waals surface area contributed by atoms with E-state index in [0.717, 1.165) is 32.1 Å². The van der Waals surface area contributed by atoms with Crippen molar-refractivity contribution >= 4 is 11.7 Å². The summed E-state index contributed by atoms with van der Waals surface area (Å²) in [5.41, 5.74) is 0. The summed E-state index contributed by atoms with van der Waals surface area (Å²) in [7, 11) is 0. The molecule has 0 fully saturated rings. The van der Waals surface area contributed by atoms with Crippen LogP contribution in [-0.2, 0) is 9.59 Å². The average Bonchev–Trinajstić information content (AvgIpc) is 2.75. The van der Waals surface area contributed by atoms with Crippen molar-refractivity contribution < 1.29 is 14.7 Å². The smallest absolute Gasteiger partial charge is 0.220 e. The molecule has 1 amide bonds. The van der Waals surface area contributed by atoms with Gasteiger partial charge in [0.25, 0.3) is 0 Å². The summed E-state index contributed by atoms with van der Waals surface area (Å²) in [4.78, 5) is 24.2. The molecular formula is C26H51NO3. The molecule has 178 valence electrons. The molecule has 0 saturated heterocycles. The molecule has 1 atom stereocenters. The summed E-state index contributed by atoms with van der Waals surface area (Å²) in [5.74, 6) is -0.135. The number of ketones is 1. The van der Waals surface area contributed by atoms with E-state index in [4.69, 9.17) is 0 Å². The number of aliphatic hydroxyl groups is 1. The largest absolute Gasteiger partial charge is 0.394 e. The molecule has 30 heavy (non-hydrogen) atoms. The van der Waals surface area contributed by atoms with Gasteiger partial charge < -0.3 is 10.4 Å². The maximum atomic E-state index is 12.3. The molecule has 0 radical (unpaired) electrons. The fourth-order valence-corrected chi connectivity index (χ4v) is 3.87. The molecular weight excluding hydrogens is 374 g/mol. The highest BCUT2D eigenvalue weighted by atomic mass is 16.3. The lowest BCUT2D eigenvalue weighted by atomic mass is 10.0. The van der Waals surface area contributed by atoms with E-state index in [-0.39, 0.29) is 18.3 Å². The van der Waals surface area contributed by atoms with Gasteiger partial charge in [0, 0.05) is 12.8 Å². The molecule has 0 saturated carbocycles. The number of carbonyl (C=O) groups is 2. The van der Waals surface area contributed by atoms with Crippen molar-refractivity contribution in [2.75, 3.05) is 6.61 Å². The minimum Gasteiger partial charge on any atom is -0.394 e. The van der Waals surface area contributed by atoms with Crippen LogP contribution in [0.3, 0.4) is 0 Å². The molecule has 4 nitrogen and oxygen atoms in total. The van der Waals surface area contributed by atoms with Crippen LogP contribution in [0.2, 0.25) is 0 Å². The quantitative estimate of drug-likeness (QED) is 0.175. The average molecular weight is 426 g/mol. The first-order chi connectivity index (χ1) is 14.7. The number of amides is 1. The van der Waals surface area contributed by atoms with Crippen LogP contribution in [0.15, 0.2) is 0 Å². The Morgan fingerprint density at radius 1 is 0.600 bits per heavy atom. The first kappa shape index (κ1) is 29.1. The van der Waals surface area contributed by atoms with Gasteiger partial charge in [-0.3, -0.25) is 9.59 Å². The Morgan fingerprint density at radius 3 is 1.37 bits per heavy atom. The molecule has 0 heterocycles. The van der Waals surface area contributed by atoms with E-state index >= 15 is 0 Å². The van der Waals surface area contributed by atoms with Crippen LogP contribution in [-0.4, -0.2) is 29.4 Å². The predicted molar refractivity (Wildman–Crippen MR) is 128 cm³/mol. The van der Waals surface area contributed by atoms with E-state index < -0.39 is 6.04 Å². The molecule has 0 aromatic carbocycles. The van der Waals surface area contributed by atoms with Crippen molar-refractivity contribution in [3.63, 3.8) is 0 Å². The second-order valence-corrected chi connectivity index (χ2v) is 8.93. The van der Waals surface area contributed by atoms with Gasteiger partial charge in [0.1, 0.15) is 6.04 Å². The fraction of sp³-hybridized carbons (Fsp3) is 0.923. The van der Waals surface area contributed by atoms with Crippen molar-refractivity contribution in [1.82, 2.24) is 5.32 Å². The van der Waals surface area contributed by atoms with Gasteiger partial charge in [-0.1, -0.05) is 117 Å². The van der Waals surface area contributed by atoms with Gasteiger partial charge in [0.05, 0.1) is 6.61 Å². The fourth-order valence-electron chi connectivity index (χ4n) is 3.87. The van der Waals surface area contributed by atoms with Crippen LogP contribution < -0.4 is 5.32 Å². The standard InChI is InChI=1S/C26H51NO3/c1-3-5-7-9-10-11-12-13-14-15-16-18-19-21-25(29)24(23-28)27-26(30)22-20-17-8-6-4-2/h24,28H,3-23H2,1-2H3,(H,27,30)/t24-/m0/s1. The highest BCUT2D eigenvalue weighted by molar-refractivity contribution is 5.89. The van der Waals surface area contributed by atoms with Crippen molar-refractivity contribution in [1.29, 1.82) is 0 Å². The minimum absolute atomic E-state index is 0.0279. The molecule has 0 aromatic rings. The van der Waals surface area contributed by atoms with E-state index in [9.17, 15) is 14.7 Å². The van der Waals surface area contributed by atoms with E-state index in [0.29, 0.717) is 12.8 Å². The maximum absolute atomic E-state index is 12.3. The SMILES string of the molecule is CCCCCCCCCCCCCCCC(=O)[C@H](CO)NC(=O)CCCCCCC. The Hall–Kier alpha value is -0.900. The normalized spacial score (nSPS) is 12.1. The van der Waals surface area contributed by atoms with Crippen molar-refractivity contribution in [3.8, 4) is 0 Å². The number of unbranched alkanes of at least 4 members (excludes halogenated alkanes) is 16. The van der Waals surface area contributed by atoms with Crippen LogP contribution in [0, 0.1) is 0 Å². The van der Waals surface area contributed by atoms with E-state index in [1.54, 1.807) is 0 Å². The van der Waals surface area contributed by atoms with E-state index in [1.807, 2.05) is 0 Å². The van der Waals surface area contributed by atoms with Crippen LogP contribution >= 0.6 is 0 Å². The summed E-state index contributed by atoms with van der Waals surface area (Å²) >= 11 is 0. The number of Topliss-reactive ketones (excluding diaryl/α,β-unsaturated/α-hetero) is 1. The van der Waals surface area contributed by atoms with Gasteiger partial charge in [0.15, 0.2) is 5.78 Å². The van der Waals surface area contributed by atoms with Crippen LogP contribution in [0.25, 0.3) is 0 Å². The molecule has 0 aliphatic rings. The first-order valence-electron chi connectivity index (χ1n) is 13.1. The molecule has 0 aromatic heterocycles.